The summed E-state index contributed by atoms with van der Waals surface area (Å²) in [6, 6.07) is 6.27. The lowest BCUT2D eigenvalue weighted by molar-refractivity contribution is -0.128. The van der Waals surface area contributed by atoms with Gasteiger partial charge in [-0.15, -0.1) is 0 Å². The van der Waals surface area contributed by atoms with Crippen LogP contribution in [0.25, 0.3) is 0 Å². The molecule has 6 nitrogen and oxygen atoms in total. The number of carbonyl (C=O) groups excluding carboxylic acids is 2. The summed E-state index contributed by atoms with van der Waals surface area (Å²) in [5.74, 6) is -0.368. The van der Waals surface area contributed by atoms with Crippen molar-refractivity contribution in [3.63, 3.8) is 0 Å². The Balaban J connectivity index is 1.68. The number of hydrogen-bond acceptors (Lipinski definition) is 4. The first kappa shape index (κ1) is 19.3. The second-order valence-corrected chi connectivity index (χ2v) is 6.38. The lowest BCUT2D eigenvalue weighted by Gasteiger charge is -2.31. The van der Waals surface area contributed by atoms with Crippen molar-refractivity contribution in [2.24, 2.45) is 11.7 Å². The second-order valence-electron chi connectivity index (χ2n) is 6.38. The first-order chi connectivity index (χ1) is 12.1. The van der Waals surface area contributed by atoms with Crippen LogP contribution in [-0.2, 0) is 16.0 Å². The quantitative estimate of drug-likeness (QED) is 0.628. The molecule has 1 aliphatic heterocycles. The Kier molecular flexibility index (Phi) is 7.81. The number of amides is 2. The van der Waals surface area contributed by atoms with Crippen molar-refractivity contribution in [1.29, 1.82) is 0 Å². The number of hydrogen-bond donors (Lipinski definition) is 3. The van der Waals surface area contributed by atoms with E-state index < -0.39 is 0 Å². The van der Waals surface area contributed by atoms with E-state index in [9.17, 15) is 14.0 Å². The molecule has 0 bridgehead atoms. The number of nitrogens with zero attached hydrogens (tertiary/aromatic N) is 1. The van der Waals surface area contributed by atoms with E-state index in [2.05, 4.69) is 10.6 Å². The normalized spacial score (nSPS) is 17.9. The van der Waals surface area contributed by atoms with Crippen LogP contribution in [0.1, 0.15) is 18.4 Å². The van der Waals surface area contributed by atoms with Gasteiger partial charge in [0.15, 0.2) is 0 Å². The number of halogens is 1. The second kappa shape index (κ2) is 10.1. The molecule has 1 atom stereocenters. The van der Waals surface area contributed by atoms with Crippen LogP contribution in [0.3, 0.4) is 0 Å². The number of likely N-dealkylation sites (tertiary alicyclic amines) is 1. The van der Waals surface area contributed by atoms with E-state index in [1.165, 1.54) is 12.1 Å². The molecule has 1 fully saturated rings. The summed E-state index contributed by atoms with van der Waals surface area (Å²) in [4.78, 5) is 26.1. The number of rotatable bonds is 8. The molecular weight excluding hydrogens is 323 g/mol. The SMILES string of the molecule is NCCNC(=O)C1CCCN(CC(=O)NCCc2ccc(F)cc2)C1. The molecule has 1 aromatic rings. The highest BCUT2D eigenvalue weighted by Crippen LogP contribution is 2.16. The van der Waals surface area contributed by atoms with Gasteiger partial charge in [0.25, 0.3) is 0 Å². The van der Waals surface area contributed by atoms with E-state index in [4.69, 9.17) is 5.73 Å². The number of carbonyl (C=O) groups is 2. The molecular formula is C18H27FN4O2. The lowest BCUT2D eigenvalue weighted by Crippen LogP contribution is -2.47. The Hall–Kier alpha value is -1.99. The molecule has 1 aromatic carbocycles. The number of benzene rings is 1. The van der Waals surface area contributed by atoms with E-state index >= 15 is 0 Å². The third-order valence-corrected chi connectivity index (χ3v) is 4.34. The Morgan fingerprint density at radius 1 is 1.20 bits per heavy atom. The van der Waals surface area contributed by atoms with Gasteiger partial charge in [0.1, 0.15) is 5.82 Å². The zero-order valence-electron chi connectivity index (χ0n) is 14.5. The molecule has 4 N–H and O–H groups in total. The lowest BCUT2D eigenvalue weighted by atomic mass is 9.97. The van der Waals surface area contributed by atoms with Crippen LogP contribution >= 0.6 is 0 Å². The average Bonchev–Trinajstić information content (AvgIpc) is 2.61. The summed E-state index contributed by atoms with van der Waals surface area (Å²) in [5, 5.41) is 5.69. The standard InChI is InChI=1S/C18H27FN4O2/c19-16-5-3-14(4-6-16)7-9-21-17(24)13-23-11-1-2-15(12-23)18(25)22-10-8-20/h3-6,15H,1-2,7-13,20H2,(H,21,24)(H,22,25). The number of nitrogens with one attached hydrogen (secondary N) is 2. The molecule has 7 heteroatoms. The molecule has 1 heterocycles. The van der Waals surface area contributed by atoms with E-state index in [1.54, 1.807) is 12.1 Å². The summed E-state index contributed by atoms with van der Waals surface area (Å²) in [6.07, 6.45) is 2.42. The molecule has 2 rings (SSSR count). The smallest absolute Gasteiger partial charge is 0.234 e. The fourth-order valence-electron chi connectivity index (χ4n) is 3.01. The van der Waals surface area contributed by atoms with Gasteiger partial charge in [-0.2, -0.15) is 0 Å². The summed E-state index contributed by atoms with van der Waals surface area (Å²) in [6.45, 7) is 3.15. The Morgan fingerprint density at radius 2 is 1.96 bits per heavy atom. The molecule has 0 spiro atoms. The van der Waals surface area contributed by atoms with Crippen molar-refractivity contribution < 1.29 is 14.0 Å². The van der Waals surface area contributed by atoms with E-state index in [0.717, 1.165) is 24.9 Å². The maximum absolute atomic E-state index is 12.8. The monoisotopic (exact) mass is 350 g/mol. The fourth-order valence-corrected chi connectivity index (χ4v) is 3.01. The zero-order valence-corrected chi connectivity index (χ0v) is 14.5. The van der Waals surface area contributed by atoms with Crippen LogP contribution in [0.15, 0.2) is 24.3 Å². The van der Waals surface area contributed by atoms with Crippen LogP contribution < -0.4 is 16.4 Å². The summed E-state index contributed by atoms with van der Waals surface area (Å²) >= 11 is 0. The van der Waals surface area contributed by atoms with Crippen molar-refractivity contribution in [2.75, 3.05) is 39.3 Å². The summed E-state index contributed by atoms with van der Waals surface area (Å²) in [5.41, 5.74) is 6.38. The Morgan fingerprint density at radius 3 is 2.68 bits per heavy atom. The van der Waals surface area contributed by atoms with Crippen LogP contribution in [0.2, 0.25) is 0 Å². The van der Waals surface area contributed by atoms with Gasteiger partial charge in [-0.25, -0.2) is 4.39 Å². The van der Waals surface area contributed by atoms with Crippen LogP contribution in [-0.4, -0.2) is 56.0 Å². The maximum atomic E-state index is 12.8. The van der Waals surface area contributed by atoms with Gasteiger partial charge < -0.3 is 16.4 Å². The summed E-state index contributed by atoms with van der Waals surface area (Å²) < 4.78 is 12.8. The Bertz CT molecular complexity index is 565. The van der Waals surface area contributed by atoms with E-state index in [0.29, 0.717) is 39.1 Å². The largest absolute Gasteiger partial charge is 0.355 e. The minimum absolute atomic E-state index is 0.0202. The molecule has 2 amide bonds. The minimum atomic E-state index is -0.261. The van der Waals surface area contributed by atoms with Gasteiger partial charge in [0.2, 0.25) is 11.8 Å². The van der Waals surface area contributed by atoms with Gasteiger partial charge in [-0.3, -0.25) is 14.5 Å². The highest BCUT2D eigenvalue weighted by Gasteiger charge is 2.26. The average molecular weight is 350 g/mol. The van der Waals surface area contributed by atoms with E-state index in [-0.39, 0.29) is 23.5 Å². The van der Waals surface area contributed by atoms with Crippen molar-refractivity contribution >= 4 is 11.8 Å². The molecule has 0 aromatic heterocycles. The third kappa shape index (κ3) is 6.80. The fraction of sp³-hybridized carbons (Fsp3) is 0.556. The van der Waals surface area contributed by atoms with Gasteiger partial charge in [0.05, 0.1) is 12.5 Å². The van der Waals surface area contributed by atoms with Gasteiger partial charge >= 0.3 is 0 Å². The topological polar surface area (TPSA) is 87.5 Å². The summed E-state index contributed by atoms with van der Waals surface area (Å²) in [7, 11) is 0. The van der Waals surface area contributed by atoms with Gasteiger partial charge in [-0.1, -0.05) is 12.1 Å². The minimum Gasteiger partial charge on any atom is -0.355 e. The van der Waals surface area contributed by atoms with Crippen molar-refractivity contribution in [3.05, 3.63) is 35.6 Å². The van der Waals surface area contributed by atoms with Crippen LogP contribution in [0.5, 0.6) is 0 Å². The molecule has 1 aliphatic rings. The number of piperidine rings is 1. The van der Waals surface area contributed by atoms with Gasteiger partial charge in [0, 0.05) is 26.2 Å². The Labute approximate surface area is 147 Å². The molecule has 25 heavy (non-hydrogen) atoms. The molecule has 1 saturated heterocycles. The molecule has 138 valence electrons. The van der Waals surface area contributed by atoms with Crippen molar-refractivity contribution in [2.45, 2.75) is 19.3 Å². The highest BCUT2D eigenvalue weighted by atomic mass is 19.1. The van der Waals surface area contributed by atoms with Crippen LogP contribution in [0.4, 0.5) is 4.39 Å². The highest BCUT2D eigenvalue weighted by molar-refractivity contribution is 5.80. The first-order valence-corrected chi connectivity index (χ1v) is 8.79. The molecule has 1 unspecified atom stereocenters. The van der Waals surface area contributed by atoms with Gasteiger partial charge in [-0.05, 0) is 43.5 Å². The predicted molar refractivity (Wildman–Crippen MR) is 94.3 cm³/mol. The molecule has 0 radical (unpaired) electrons. The van der Waals surface area contributed by atoms with Crippen LogP contribution in [0, 0.1) is 11.7 Å². The van der Waals surface area contributed by atoms with Crippen molar-refractivity contribution in [1.82, 2.24) is 15.5 Å². The molecule has 0 saturated carbocycles. The van der Waals surface area contributed by atoms with E-state index in [1.807, 2.05) is 4.90 Å². The third-order valence-electron chi connectivity index (χ3n) is 4.34. The number of nitrogens with two attached hydrogens (primary N) is 1. The zero-order chi connectivity index (χ0) is 18.1. The first-order valence-electron chi connectivity index (χ1n) is 8.79. The maximum Gasteiger partial charge on any atom is 0.234 e. The van der Waals surface area contributed by atoms with Crippen molar-refractivity contribution in [3.8, 4) is 0 Å². The predicted octanol–water partition coefficient (Wildman–Crippen LogP) is 0.271. The molecule has 0 aliphatic carbocycles.